The van der Waals surface area contributed by atoms with Crippen LogP contribution in [0.2, 0.25) is 0 Å². The molecule has 0 saturated heterocycles. The molecule has 1 aliphatic rings. The fourth-order valence-electron chi connectivity index (χ4n) is 2.34. The first-order valence-electron chi connectivity index (χ1n) is 7.61. The number of aryl methyl sites for hydroxylation is 2. The SMILES string of the molecule is Cc1ccc(CNCc2cnn(C)c2)c(OCC2CC2)c1. The van der Waals surface area contributed by atoms with E-state index in [0.717, 1.165) is 31.4 Å². The average Bonchev–Trinajstić information content (AvgIpc) is 3.20. The summed E-state index contributed by atoms with van der Waals surface area (Å²) >= 11 is 0. The molecular formula is C17H23N3O. The number of benzene rings is 1. The molecule has 0 unspecified atom stereocenters. The highest BCUT2D eigenvalue weighted by atomic mass is 16.5. The second kappa shape index (κ2) is 6.31. The van der Waals surface area contributed by atoms with Crippen molar-refractivity contribution in [1.29, 1.82) is 0 Å². The van der Waals surface area contributed by atoms with Crippen LogP contribution in [0.1, 0.15) is 29.5 Å². The van der Waals surface area contributed by atoms with E-state index >= 15 is 0 Å². The summed E-state index contributed by atoms with van der Waals surface area (Å²) in [4.78, 5) is 0. The number of ether oxygens (including phenoxy) is 1. The monoisotopic (exact) mass is 285 g/mol. The van der Waals surface area contributed by atoms with Gasteiger partial charge in [0.1, 0.15) is 5.75 Å². The zero-order valence-electron chi connectivity index (χ0n) is 12.8. The highest BCUT2D eigenvalue weighted by molar-refractivity contribution is 5.37. The van der Waals surface area contributed by atoms with E-state index in [1.165, 1.54) is 29.5 Å². The van der Waals surface area contributed by atoms with E-state index in [4.69, 9.17) is 4.74 Å². The molecule has 4 nitrogen and oxygen atoms in total. The number of rotatable bonds is 7. The third-order valence-electron chi connectivity index (χ3n) is 3.80. The van der Waals surface area contributed by atoms with Gasteiger partial charge in [0, 0.05) is 37.5 Å². The van der Waals surface area contributed by atoms with Crippen molar-refractivity contribution in [3.8, 4) is 5.75 Å². The van der Waals surface area contributed by atoms with Crippen LogP contribution in [0, 0.1) is 12.8 Å². The number of nitrogens with zero attached hydrogens (tertiary/aromatic N) is 2. The lowest BCUT2D eigenvalue weighted by molar-refractivity contribution is 0.296. The molecule has 1 heterocycles. The summed E-state index contributed by atoms with van der Waals surface area (Å²) in [6.07, 6.45) is 6.57. The van der Waals surface area contributed by atoms with Crippen LogP contribution >= 0.6 is 0 Å². The molecule has 1 N–H and O–H groups in total. The Morgan fingerprint density at radius 3 is 2.90 bits per heavy atom. The summed E-state index contributed by atoms with van der Waals surface area (Å²) in [6, 6.07) is 6.45. The van der Waals surface area contributed by atoms with Crippen molar-refractivity contribution in [2.75, 3.05) is 6.61 Å². The molecular weight excluding hydrogens is 262 g/mol. The molecule has 0 bridgehead atoms. The molecule has 4 heteroatoms. The molecule has 2 aromatic rings. The largest absolute Gasteiger partial charge is 0.493 e. The first-order chi connectivity index (χ1) is 10.2. The summed E-state index contributed by atoms with van der Waals surface area (Å²) in [5, 5.41) is 7.64. The molecule has 1 aromatic carbocycles. The minimum absolute atomic E-state index is 0.779. The summed E-state index contributed by atoms with van der Waals surface area (Å²) in [6.45, 7) is 4.61. The Kier molecular flexibility index (Phi) is 4.25. The summed E-state index contributed by atoms with van der Waals surface area (Å²) in [7, 11) is 1.94. The Bertz CT molecular complexity index is 602. The number of hydrogen-bond donors (Lipinski definition) is 1. The zero-order chi connectivity index (χ0) is 14.7. The molecule has 0 radical (unpaired) electrons. The van der Waals surface area contributed by atoms with Crippen molar-refractivity contribution in [3.63, 3.8) is 0 Å². The van der Waals surface area contributed by atoms with Crippen molar-refractivity contribution >= 4 is 0 Å². The Morgan fingerprint density at radius 2 is 2.19 bits per heavy atom. The Morgan fingerprint density at radius 1 is 1.33 bits per heavy atom. The van der Waals surface area contributed by atoms with Gasteiger partial charge in [-0.3, -0.25) is 4.68 Å². The Labute approximate surface area is 126 Å². The van der Waals surface area contributed by atoms with E-state index in [2.05, 4.69) is 35.5 Å². The van der Waals surface area contributed by atoms with Crippen LogP contribution in [-0.4, -0.2) is 16.4 Å². The topological polar surface area (TPSA) is 39.1 Å². The molecule has 0 amide bonds. The normalized spacial score (nSPS) is 14.4. The molecule has 21 heavy (non-hydrogen) atoms. The van der Waals surface area contributed by atoms with Gasteiger partial charge in [-0.2, -0.15) is 5.10 Å². The highest BCUT2D eigenvalue weighted by Gasteiger charge is 2.22. The van der Waals surface area contributed by atoms with E-state index in [1.807, 2.05) is 24.1 Å². The van der Waals surface area contributed by atoms with E-state index in [0.29, 0.717) is 0 Å². The fourth-order valence-corrected chi connectivity index (χ4v) is 2.34. The summed E-state index contributed by atoms with van der Waals surface area (Å²) in [5.74, 6) is 1.81. The maximum atomic E-state index is 5.99. The van der Waals surface area contributed by atoms with Crippen LogP contribution < -0.4 is 10.1 Å². The first kappa shape index (κ1) is 14.1. The van der Waals surface area contributed by atoms with Gasteiger partial charge in [0.05, 0.1) is 12.8 Å². The molecule has 1 fully saturated rings. The van der Waals surface area contributed by atoms with E-state index in [-0.39, 0.29) is 0 Å². The van der Waals surface area contributed by atoms with E-state index in [9.17, 15) is 0 Å². The molecule has 1 saturated carbocycles. The molecule has 0 atom stereocenters. The Balaban J connectivity index is 1.57. The van der Waals surface area contributed by atoms with Crippen molar-refractivity contribution < 1.29 is 4.74 Å². The lowest BCUT2D eigenvalue weighted by Crippen LogP contribution is -2.14. The van der Waals surface area contributed by atoms with Gasteiger partial charge < -0.3 is 10.1 Å². The van der Waals surface area contributed by atoms with Crippen molar-refractivity contribution in [1.82, 2.24) is 15.1 Å². The van der Waals surface area contributed by atoms with Crippen molar-refractivity contribution in [2.45, 2.75) is 32.9 Å². The fraction of sp³-hybridized carbons (Fsp3) is 0.471. The van der Waals surface area contributed by atoms with Gasteiger partial charge in [0.15, 0.2) is 0 Å². The summed E-state index contributed by atoms with van der Waals surface area (Å²) in [5.41, 5.74) is 3.67. The van der Waals surface area contributed by atoms with Crippen molar-refractivity contribution in [2.24, 2.45) is 13.0 Å². The second-order valence-corrected chi connectivity index (χ2v) is 5.99. The minimum atomic E-state index is 0.779. The first-order valence-corrected chi connectivity index (χ1v) is 7.61. The molecule has 0 aliphatic heterocycles. The molecule has 0 spiro atoms. The summed E-state index contributed by atoms with van der Waals surface area (Å²) < 4.78 is 7.82. The zero-order valence-corrected chi connectivity index (χ0v) is 12.8. The van der Waals surface area contributed by atoms with Crippen LogP contribution in [0.5, 0.6) is 5.75 Å². The maximum absolute atomic E-state index is 5.99. The lowest BCUT2D eigenvalue weighted by Gasteiger charge is -2.13. The van der Waals surface area contributed by atoms with Gasteiger partial charge in [0.2, 0.25) is 0 Å². The van der Waals surface area contributed by atoms with E-state index < -0.39 is 0 Å². The molecule has 1 aliphatic carbocycles. The molecule has 3 rings (SSSR count). The molecule has 112 valence electrons. The lowest BCUT2D eigenvalue weighted by atomic mass is 10.1. The van der Waals surface area contributed by atoms with Crippen LogP contribution in [0.3, 0.4) is 0 Å². The minimum Gasteiger partial charge on any atom is -0.493 e. The standard InChI is InChI=1S/C17H23N3O/c1-13-3-6-16(17(7-13)21-12-14-4-5-14)10-18-8-15-9-19-20(2)11-15/h3,6-7,9,11,14,18H,4-5,8,10,12H2,1-2H3. The van der Waals surface area contributed by atoms with Gasteiger partial charge >= 0.3 is 0 Å². The quantitative estimate of drug-likeness (QED) is 0.850. The van der Waals surface area contributed by atoms with Gasteiger partial charge in [-0.05, 0) is 37.3 Å². The number of hydrogen-bond acceptors (Lipinski definition) is 3. The van der Waals surface area contributed by atoms with Crippen LogP contribution in [0.4, 0.5) is 0 Å². The van der Waals surface area contributed by atoms with Gasteiger partial charge in [-0.15, -0.1) is 0 Å². The van der Waals surface area contributed by atoms with Crippen LogP contribution in [-0.2, 0) is 20.1 Å². The van der Waals surface area contributed by atoms with E-state index in [1.54, 1.807) is 0 Å². The average molecular weight is 285 g/mol. The van der Waals surface area contributed by atoms with Crippen molar-refractivity contribution in [3.05, 3.63) is 47.3 Å². The van der Waals surface area contributed by atoms with Crippen LogP contribution in [0.15, 0.2) is 30.6 Å². The third kappa shape index (κ3) is 4.08. The van der Waals surface area contributed by atoms with Gasteiger partial charge in [-0.25, -0.2) is 0 Å². The maximum Gasteiger partial charge on any atom is 0.124 e. The predicted molar refractivity (Wildman–Crippen MR) is 83.1 cm³/mol. The highest BCUT2D eigenvalue weighted by Crippen LogP contribution is 2.30. The van der Waals surface area contributed by atoms with Gasteiger partial charge in [-0.1, -0.05) is 12.1 Å². The number of aromatic nitrogens is 2. The number of nitrogens with one attached hydrogen (secondary N) is 1. The Hall–Kier alpha value is -1.81. The third-order valence-corrected chi connectivity index (χ3v) is 3.80. The second-order valence-electron chi connectivity index (χ2n) is 5.99. The molecule has 1 aromatic heterocycles. The predicted octanol–water partition coefficient (Wildman–Crippen LogP) is 2.81. The van der Waals surface area contributed by atoms with Crippen LogP contribution in [0.25, 0.3) is 0 Å². The van der Waals surface area contributed by atoms with Gasteiger partial charge in [0.25, 0.3) is 0 Å². The smallest absolute Gasteiger partial charge is 0.124 e.